The number of aliphatic hydroxyl groups excluding tert-OH is 1. The van der Waals surface area contributed by atoms with Crippen LogP contribution in [0.5, 0.6) is 0 Å². The Morgan fingerprint density at radius 3 is 2.57 bits per heavy atom. The average molecular weight is 197 g/mol. The second-order valence-corrected chi connectivity index (χ2v) is 5.21. The summed E-state index contributed by atoms with van der Waals surface area (Å²) >= 11 is 0. The van der Waals surface area contributed by atoms with Crippen LogP contribution in [-0.2, 0) is 0 Å². The van der Waals surface area contributed by atoms with Crippen molar-refractivity contribution in [1.29, 1.82) is 0 Å². The highest BCUT2D eigenvalue weighted by Gasteiger charge is 2.43. The number of aliphatic hydroxyl groups is 1. The molecule has 0 aromatic carbocycles. The molecule has 0 radical (unpaired) electrons. The van der Waals surface area contributed by atoms with Crippen molar-refractivity contribution < 1.29 is 5.11 Å². The van der Waals surface area contributed by atoms with Crippen molar-refractivity contribution in [2.24, 2.45) is 11.8 Å². The Morgan fingerprint density at radius 1 is 1.21 bits per heavy atom. The van der Waals surface area contributed by atoms with Crippen molar-refractivity contribution in [3.8, 4) is 0 Å². The maximum absolute atomic E-state index is 9.39. The number of hydrogen-bond donors (Lipinski definition) is 2. The van der Waals surface area contributed by atoms with Gasteiger partial charge in [-0.1, -0.05) is 19.3 Å². The van der Waals surface area contributed by atoms with Gasteiger partial charge in [-0.3, -0.25) is 0 Å². The van der Waals surface area contributed by atoms with Crippen molar-refractivity contribution in [3.63, 3.8) is 0 Å². The molecule has 1 saturated heterocycles. The Balaban J connectivity index is 2.04. The largest absolute Gasteiger partial charge is 0.396 e. The van der Waals surface area contributed by atoms with Gasteiger partial charge in [0.1, 0.15) is 0 Å². The molecule has 2 N–H and O–H groups in total. The zero-order chi connectivity index (χ0) is 10.0. The van der Waals surface area contributed by atoms with Gasteiger partial charge in [-0.25, -0.2) is 0 Å². The predicted molar refractivity (Wildman–Crippen MR) is 58.2 cm³/mol. The molecule has 1 saturated carbocycles. The molecule has 0 aromatic heterocycles. The standard InChI is InChI=1S/C12H23NO/c1-12(10-5-3-2-4-6-10)11(9-14)7-8-13-12/h10-11,13-14H,2-9H2,1H3. The van der Waals surface area contributed by atoms with Gasteiger partial charge in [-0.15, -0.1) is 0 Å². The van der Waals surface area contributed by atoms with Crippen LogP contribution in [0, 0.1) is 11.8 Å². The van der Waals surface area contributed by atoms with Crippen LogP contribution >= 0.6 is 0 Å². The molecular formula is C12H23NO. The van der Waals surface area contributed by atoms with E-state index in [1.807, 2.05) is 0 Å². The second-order valence-electron chi connectivity index (χ2n) is 5.21. The molecule has 1 aliphatic carbocycles. The Bertz CT molecular complexity index is 189. The first kappa shape index (κ1) is 10.4. The molecule has 2 fully saturated rings. The zero-order valence-electron chi connectivity index (χ0n) is 9.26. The molecule has 2 aliphatic rings. The smallest absolute Gasteiger partial charge is 0.0477 e. The van der Waals surface area contributed by atoms with Gasteiger partial charge in [-0.2, -0.15) is 0 Å². The molecule has 2 heteroatoms. The van der Waals surface area contributed by atoms with Crippen molar-refractivity contribution in [2.75, 3.05) is 13.2 Å². The Hall–Kier alpha value is -0.0800. The van der Waals surface area contributed by atoms with Crippen LogP contribution in [0.3, 0.4) is 0 Å². The van der Waals surface area contributed by atoms with E-state index in [-0.39, 0.29) is 5.54 Å². The second kappa shape index (κ2) is 4.19. The van der Waals surface area contributed by atoms with E-state index < -0.39 is 0 Å². The first-order valence-corrected chi connectivity index (χ1v) is 6.13. The van der Waals surface area contributed by atoms with Crippen LogP contribution in [0.1, 0.15) is 45.4 Å². The third kappa shape index (κ3) is 1.70. The van der Waals surface area contributed by atoms with E-state index in [0.717, 1.165) is 18.9 Å². The molecule has 0 bridgehead atoms. The lowest BCUT2D eigenvalue weighted by atomic mass is 9.70. The summed E-state index contributed by atoms with van der Waals surface area (Å²) in [5, 5.41) is 13.0. The van der Waals surface area contributed by atoms with Gasteiger partial charge in [0.2, 0.25) is 0 Å². The normalized spacial score (nSPS) is 40.3. The lowest BCUT2D eigenvalue weighted by molar-refractivity contribution is 0.103. The summed E-state index contributed by atoms with van der Waals surface area (Å²) < 4.78 is 0. The summed E-state index contributed by atoms with van der Waals surface area (Å²) in [4.78, 5) is 0. The summed E-state index contributed by atoms with van der Waals surface area (Å²) in [6.07, 6.45) is 8.07. The highest BCUT2D eigenvalue weighted by Crippen LogP contribution is 2.40. The fraction of sp³-hybridized carbons (Fsp3) is 1.00. The molecule has 2 rings (SSSR count). The van der Waals surface area contributed by atoms with E-state index in [0.29, 0.717) is 12.5 Å². The predicted octanol–water partition coefficient (Wildman–Crippen LogP) is 1.93. The van der Waals surface area contributed by atoms with Crippen molar-refractivity contribution in [2.45, 2.75) is 51.0 Å². The van der Waals surface area contributed by atoms with Crippen molar-refractivity contribution >= 4 is 0 Å². The van der Waals surface area contributed by atoms with Gasteiger partial charge >= 0.3 is 0 Å². The number of nitrogens with one attached hydrogen (secondary N) is 1. The van der Waals surface area contributed by atoms with E-state index in [9.17, 15) is 5.11 Å². The molecule has 1 heterocycles. The summed E-state index contributed by atoms with van der Waals surface area (Å²) in [5.74, 6) is 1.29. The summed E-state index contributed by atoms with van der Waals surface area (Å²) in [6.45, 7) is 3.79. The van der Waals surface area contributed by atoms with Crippen molar-refractivity contribution in [3.05, 3.63) is 0 Å². The van der Waals surface area contributed by atoms with Crippen LogP contribution in [-0.4, -0.2) is 23.8 Å². The molecular weight excluding hydrogens is 174 g/mol. The van der Waals surface area contributed by atoms with Gasteiger partial charge in [0.25, 0.3) is 0 Å². The van der Waals surface area contributed by atoms with Gasteiger partial charge < -0.3 is 10.4 Å². The first-order valence-electron chi connectivity index (χ1n) is 6.13. The highest BCUT2D eigenvalue weighted by atomic mass is 16.3. The minimum Gasteiger partial charge on any atom is -0.396 e. The molecule has 0 aromatic rings. The van der Waals surface area contributed by atoms with Gasteiger partial charge in [0, 0.05) is 18.1 Å². The van der Waals surface area contributed by atoms with E-state index in [2.05, 4.69) is 12.2 Å². The fourth-order valence-corrected chi connectivity index (χ4v) is 3.42. The molecule has 82 valence electrons. The summed E-state index contributed by atoms with van der Waals surface area (Å²) in [6, 6.07) is 0. The Morgan fingerprint density at radius 2 is 1.93 bits per heavy atom. The lowest BCUT2D eigenvalue weighted by Gasteiger charge is -2.41. The first-order chi connectivity index (χ1) is 6.77. The summed E-state index contributed by atoms with van der Waals surface area (Å²) in [7, 11) is 0. The van der Waals surface area contributed by atoms with Gasteiger partial charge in [-0.05, 0) is 38.6 Å². The quantitative estimate of drug-likeness (QED) is 0.709. The Labute approximate surface area is 87.1 Å². The molecule has 2 atom stereocenters. The maximum Gasteiger partial charge on any atom is 0.0477 e. The molecule has 0 amide bonds. The number of rotatable bonds is 2. The van der Waals surface area contributed by atoms with E-state index in [4.69, 9.17) is 0 Å². The fourth-order valence-electron chi connectivity index (χ4n) is 3.42. The number of hydrogen-bond acceptors (Lipinski definition) is 2. The Kier molecular flexibility index (Phi) is 3.13. The third-order valence-corrected chi connectivity index (χ3v) is 4.52. The average Bonchev–Trinajstić information content (AvgIpc) is 2.62. The third-order valence-electron chi connectivity index (χ3n) is 4.52. The monoisotopic (exact) mass is 197 g/mol. The van der Waals surface area contributed by atoms with Crippen LogP contribution in [0.4, 0.5) is 0 Å². The highest BCUT2D eigenvalue weighted by molar-refractivity contribution is 5.01. The lowest BCUT2D eigenvalue weighted by Crippen LogP contribution is -2.50. The van der Waals surface area contributed by atoms with Crippen LogP contribution in [0.2, 0.25) is 0 Å². The zero-order valence-corrected chi connectivity index (χ0v) is 9.26. The van der Waals surface area contributed by atoms with E-state index >= 15 is 0 Å². The maximum atomic E-state index is 9.39. The molecule has 14 heavy (non-hydrogen) atoms. The molecule has 2 nitrogen and oxygen atoms in total. The minimum atomic E-state index is 0.231. The van der Waals surface area contributed by atoms with E-state index in [1.54, 1.807) is 0 Å². The van der Waals surface area contributed by atoms with Gasteiger partial charge in [0.15, 0.2) is 0 Å². The molecule has 2 unspecified atom stereocenters. The van der Waals surface area contributed by atoms with Crippen LogP contribution < -0.4 is 5.32 Å². The molecule has 0 spiro atoms. The van der Waals surface area contributed by atoms with Crippen LogP contribution in [0.15, 0.2) is 0 Å². The SMILES string of the molecule is CC1(C2CCCCC2)NCCC1CO. The van der Waals surface area contributed by atoms with Crippen LogP contribution in [0.25, 0.3) is 0 Å². The minimum absolute atomic E-state index is 0.231. The topological polar surface area (TPSA) is 32.3 Å². The summed E-state index contributed by atoms with van der Waals surface area (Å²) in [5.41, 5.74) is 0.231. The molecule has 1 aliphatic heterocycles. The van der Waals surface area contributed by atoms with E-state index in [1.165, 1.54) is 32.1 Å². The van der Waals surface area contributed by atoms with Gasteiger partial charge in [0.05, 0.1) is 0 Å². The van der Waals surface area contributed by atoms with Crippen molar-refractivity contribution in [1.82, 2.24) is 5.32 Å².